The van der Waals surface area contributed by atoms with E-state index in [-0.39, 0.29) is 0 Å². The Morgan fingerprint density at radius 3 is 2.52 bits per heavy atom. The fraction of sp³-hybridized carbons (Fsp3) is 0.647. The standard InChI is InChI=1S/C17H28N2O2/c1-5-21-15-8-7-14(11-16(15)20-4)12-18-13-17(19(2)3)9-6-10-17/h7-8,11,18H,5-6,9-10,12-13H2,1-4H3. The SMILES string of the molecule is CCOc1ccc(CNCC2(N(C)C)CCC2)cc1OC. The molecule has 2 rings (SSSR count). The van der Waals surface area contributed by atoms with E-state index >= 15 is 0 Å². The zero-order chi connectivity index (χ0) is 15.3. The van der Waals surface area contributed by atoms with Gasteiger partial charge >= 0.3 is 0 Å². The number of hydrogen-bond donors (Lipinski definition) is 1. The number of rotatable bonds is 8. The molecule has 1 aliphatic rings. The second kappa shape index (κ2) is 7.14. The average Bonchev–Trinajstić information content (AvgIpc) is 2.42. The van der Waals surface area contributed by atoms with Crippen LogP contribution in [0.3, 0.4) is 0 Å². The number of benzene rings is 1. The molecule has 1 N–H and O–H groups in total. The van der Waals surface area contributed by atoms with Gasteiger partial charge in [-0.1, -0.05) is 6.07 Å². The van der Waals surface area contributed by atoms with E-state index in [0.29, 0.717) is 12.1 Å². The molecular weight excluding hydrogens is 264 g/mol. The van der Waals surface area contributed by atoms with Gasteiger partial charge in [-0.3, -0.25) is 0 Å². The summed E-state index contributed by atoms with van der Waals surface area (Å²) in [6.45, 7) is 4.53. The zero-order valence-corrected chi connectivity index (χ0v) is 13.7. The van der Waals surface area contributed by atoms with Crippen LogP contribution in [0.1, 0.15) is 31.7 Å². The molecule has 0 aliphatic heterocycles. The van der Waals surface area contributed by atoms with Crippen molar-refractivity contribution in [3.8, 4) is 11.5 Å². The zero-order valence-electron chi connectivity index (χ0n) is 13.7. The molecule has 0 unspecified atom stereocenters. The summed E-state index contributed by atoms with van der Waals surface area (Å²) in [6, 6.07) is 6.15. The van der Waals surface area contributed by atoms with Crippen molar-refractivity contribution in [1.82, 2.24) is 10.2 Å². The highest BCUT2D eigenvalue weighted by Gasteiger charge is 2.38. The Bertz CT molecular complexity index is 456. The molecule has 1 aliphatic carbocycles. The average molecular weight is 292 g/mol. The van der Waals surface area contributed by atoms with Crippen molar-refractivity contribution in [2.24, 2.45) is 0 Å². The summed E-state index contributed by atoms with van der Waals surface area (Å²) in [5, 5.41) is 3.59. The highest BCUT2D eigenvalue weighted by molar-refractivity contribution is 5.42. The predicted octanol–water partition coefficient (Wildman–Crippen LogP) is 2.67. The quantitative estimate of drug-likeness (QED) is 0.799. The third kappa shape index (κ3) is 3.69. The van der Waals surface area contributed by atoms with Crippen molar-refractivity contribution in [2.75, 3.05) is 34.4 Å². The molecule has 0 amide bonds. The van der Waals surface area contributed by atoms with Gasteiger partial charge in [0.2, 0.25) is 0 Å². The Morgan fingerprint density at radius 2 is 2.00 bits per heavy atom. The van der Waals surface area contributed by atoms with Crippen LogP contribution in [-0.2, 0) is 6.54 Å². The first-order chi connectivity index (χ1) is 10.1. The Morgan fingerprint density at radius 1 is 1.24 bits per heavy atom. The molecule has 0 heterocycles. The van der Waals surface area contributed by atoms with Crippen LogP contribution >= 0.6 is 0 Å². The minimum atomic E-state index is 0.356. The van der Waals surface area contributed by atoms with E-state index < -0.39 is 0 Å². The first kappa shape index (κ1) is 16.1. The third-order valence-corrected chi connectivity index (χ3v) is 4.54. The van der Waals surface area contributed by atoms with Crippen LogP contribution in [0.2, 0.25) is 0 Å². The molecule has 21 heavy (non-hydrogen) atoms. The van der Waals surface area contributed by atoms with Gasteiger partial charge in [-0.2, -0.15) is 0 Å². The maximum atomic E-state index is 5.55. The van der Waals surface area contributed by atoms with Gasteiger partial charge in [-0.05, 0) is 58.0 Å². The van der Waals surface area contributed by atoms with Crippen molar-refractivity contribution in [1.29, 1.82) is 0 Å². The molecular formula is C17H28N2O2. The van der Waals surface area contributed by atoms with E-state index in [9.17, 15) is 0 Å². The first-order valence-corrected chi connectivity index (χ1v) is 7.79. The summed E-state index contributed by atoms with van der Waals surface area (Å²) in [5.41, 5.74) is 1.58. The van der Waals surface area contributed by atoms with Crippen LogP contribution in [0.25, 0.3) is 0 Å². The maximum absolute atomic E-state index is 5.55. The number of ether oxygens (including phenoxy) is 2. The van der Waals surface area contributed by atoms with E-state index in [4.69, 9.17) is 9.47 Å². The maximum Gasteiger partial charge on any atom is 0.161 e. The fourth-order valence-corrected chi connectivity index (χ4v) is 2.90. The molecule has 118 valence electrons. The number of methoxy groups -OCH3 is 1. The molecule has 4 nitrogen and oxygen atoms in total. The topological polar surface area (TPSA) is 33.7 Å². The summed E-state index contributed by atoms with van der Waals surface area (Å²) >= 11 is 0. The van der Waals surface area contributed by atoms with Crippen LogP contribution in [0.5, 0.6) is 11.5 Å². The van der Waals surface area contributed by atoms with Crippen molar-refractivity contribution < 1.29 is 9.47 Å². The predicted molar refractivity (Wildman–Crippen MR) is 86.1 cm³/mol. The monoisotopic (exact) mass is 292 g/mol. The number of likely N-dealkylation sites (N-methyl/N-ethyl adjacent to an activating group) is 1. The van der Waals surface area contributed by atoms with E-state index in [1.54, 1.807) is 7.11 Å². The van der Waals surface area contributed by atoms with Crippen molar-refractivity contribution in [3.63, 3.8) is 0 Å². The first-order valence-electron chi connectivity index (χ1n) is 7.79. The number of nitrogens with zero attached hydrogens (tertiary/aromatic N) is 1. The largest absolute Gasteiger partial charge is 0.493 e. The van der Waals surface area contributed by atoms with Crippen LogP contribution in [0, 0.1) is 0 Å². The summed E-state index contributed by atoms with van der Waals surface area (Å²) in [6.07, 6.45) is 3.93. The van der Waals surface area contributed by atoms with Crippen LogP contribution in [0.15, 0.2) is 18.2 Å². The highest BCUT2D eigenvalue weighted by Crippen LogP contribution is 2.35. The minimum absolute atomic E-state index is 0.356. The van der Waals surface area contributed by atoms with Gasteiger partial charge in [0.1, 0.15) is 0 Å². The second-order valence-corrected chi connectivity index (χ2v) is 5.99. The summed E-state index contributed by atoms with van der Waals surface area (Å²) in [4.78, 5) is 2.36. The second-order valence-electron chi connectivity index (χ2n) is 5.99. The summed E-state index contributed by atoms with van der Waals surface area (Å²) in [5.74, 6) is 1.62. The Balaban J connectivity index is 1.91. The van der Waals surface area contributed by atoms with Gasteiger partial charge in [0.25, 0.3) is 0 Å². The molecule has 0 atom stereocenters. The van der Waals surface area contributed by atoms with E-state index in [2.05, 4.69) is 36.4 Å². The number of nitrogens with one attached hydrogen (secondary N) is 1. The van der Waals surface area contributed by atoms with Crippen LogP contribution < -0.4 is 14.8 Å². The van der Waals surface area contributed by atoms with Gasteiger partial charge < -0.3 is 19.7 Å². The number of hydrogen-bond acceptors (Lipinski definition) is 4. The molecule has 0 spiro atoms. The molecule has 1 aromatic rings. The Hall–Kier alpha value is -1.26. The molecule has 0 saturated heterocycles. The molecule has 1 saturated carbocycles. The van der Waals surface area contributed by atoms with E-state index in [0.717, 1.165) is 24.6 Å². The van der Waals surface area contributed by atoms with E-state index in [1.165, 1.54) is 24.8 Å². The summed E-state index contributed by atoms with van der Waals surface area (Å²) in [7, 11) is 6.05. The van der Waals surface area contributed by atoms with Gasteiger partial charge in [0.15, 0.2) is 11.5 Å². The van der Waals surface area contributed by atoms with E-state index in [1.807, 2.05) is 13.0 Å². The van der Waals surface area contributed by atoms with Crippen LogP contribution in [-0.4, -0.2) is 44.8 Å². The molecule has 1 aromatic carbocycles. The lowest BCUT2D eigenvalue weighted by molar-refractivity contribution is 0.0598. The highest BCUT2D eigenvalue weighted by atomic mass is 16.5. The van der Waals surface area contributed by atoms with Gasteiger partial charge in [0, 0.05) is 18.6 Å². The smallest absolute Gasteiger partial charge is 0.161 e. The molecule has 4 heteroatoms. The van der Waals surface area contributed by atoms with Crippen LogP contribution in [0.4, 0.5) is 0 Å². The molecule has 1 fully saturated rings. The van der Waals surface area contributed by atoms with Crippen molar-refractivity contribution in [2.45, 2.75) is 38.3 Å². The lowest BCUT2D eigenvalue weighted by Gasteiger charge is -2.47. The normalized spacial score (nSPS) is 16.6. The van der Waals surface area contributed by atoms with Crippen molar-refractivity contribution in [3.05, 3.63) is 23.8 Å². The van der Waals surface area contributed by atoms with Gasteiger partial charge in [0.05, 0.1) is 13.7 Å². The summed E-state index contributed by atoms with van der Waals surface area (Å²) < 4.78 is 10.9. The molecule has 0 radical (unpaired) electrons. The van der Waals surface area contributed by atoms with Gasteiger partial charge in [-0.15, -0.1) is 0 Å². The van der Waals surface area contributed by atoms with Crippen molar-refractivity contribution >= 4 is 0 Å². The minimum Gasteiger partial charge on any atom is -0.493 e. The fourth-order valence-electron chi connectivity index (χ4n) is 2.90. The molecule has 0 bridgehead atoms. The lowest BCUT2D eigenvalue weighted by atomic mass is 9.75. The Labute approximate surface area is 128 Å². The molecule has 0 aromatic heterocycles. The third-order valence-electron chi connectivity index (χ3n) is 4.54. The lowest BCUT2D eigenvalue weighted by Crippen LogP contribution is -2.56. The van der Waals surface area contributed by atoms with Gasteiger partial charge in [-0.25, -0.2) is 0 Å². The Kier molecular flexibility index (Phi) is 5.48.